The van der Waals surface area contributed by atoms with E-state index in [0.29, 0.717) is 18.9 Å². The topological polar surface area (TPSA) is 45.6 Å². The summed E-state index contributed by atoms with van der Waals surface area (Å²) in [5.41, 5.74) is 2.42. The molecule has 0 aromatic carbocycles. The fourth-order valence-corrected chi connectivity index (χ4v) is 2.63. The van der Waals surface area contributed by atoms with Gasteiger partial charge in [-0.1, -0.05) is 19.8 Å². The van der Waals surface area contributed by atoms with Crippen molar-refractivity contribution < 1.29 is 9.84 Å². The molecule has 2 rings (SSSR count). The van der Waals surface area contributed by atoms with Crippen LogP contribution in [0.1, 0.15) is 49.9 Å². The van der Waals surface area contributed by atoms with Gasteiger partial charge in [0.25, 0.3) is 0 Å². The first-order valence-corrected chi connectivity index (χ1v) is 6.97. The highest BCUT2D eigenvalue weighted by Gasteiger charge is 2.37. The van der Waals surface area contributed by atoms with Crippen LogP contribution in [0, 0.1) is 0 Å². The number of hydrogen-bond acceptors (Lipinski definition) is 4. The quantitative estimate of drug-likeness (QED) is 0.888. The van der Waals surface area contributed by atoms with Crippen LogP contribution in [0.4, 0.5) is 0 Å². The zero-order chi connectivity index (χ0) is 14.0. The molecule has 0 bridgehead atoms. The number of aromatic hydroxyl groups is 1. The van der Waals surface area contributed by atoms with Gasteiger partial charge in [-0.15, -0.1) is 0 Å². The molecule has 0 radical (unpaired) electrons. The molecule has 1 atom stereocenters. The summed E-state index contributed by atoms with van der Waals surface area (Å²) in [7, 11) is 3.94. The van der Waals surface area contributed by atoms with E-state index in [1.807, 2.05) is 25.2 Å². The van der Waals surface area contributed by atoms with Crippen molar-refractivity contribution in [3.8, 4) is 5.75 Å². The average molecular weight is 264 g/mol. The lowest BCUT2D eigenvalue weighted by molar-refractivity contribution is -0.0312. The number of fused-ring (bicyclic) bond motifs is 1. The fourth-order valence-electron chi connectivity index (χ4n) is 2.63. The predicted molar refractivity (Wildman–Crippen MR) is 75.0 cm³/mol. The molecular weight excluding hydrogens is 240 g/mol. The molecule has 0 spiro atoms. The Balaban J connectivity index is 2.31. The minimum absolute atomic E-state index is 0.285. The van der Waals surface area contributed by atoms with Gasteiger partial charge in [-0.2, -0.15) is 0 Å². The second-order valence-electron chi connectivity index (χ2n) is 5.81. The first-order chi connectivity index (χ1) is 8.98. The summed E-state index contributed by atoms with van der Waals surface area (Å²) in [5, 5.41) is 10.3. The molecule has 0 saturated heterocycles. The van der Waals surface area contributed by atoms with Crippen LogP contribution in [-0.2, 0) is 23.5 Å². The number of unbranched alkanes of at least 4 members (excludes halogenated alkanes) is 1. The third-order valence-electron chi connectivity index (χ3n) is 3.81. The molecule has 106 valence electrons. The van der Waals surface area contributed by atoms with E-state index in [4.69, 9.17) is 4.74 Å². The third-order valence-corrected chi connectivity index (χ3v) is 3.81. The van der Waals surface area contributed by atoms with Crippen LogP contribution < -0.4 is 0 Å². The molecule has 0 aliphatic carbocycles. The maximum atomic E-state index is 10.3. The van der Waals surface area contributed by atoms with Crippen molar-refractivity contribution >= 4 is 0 Å². The lowest BCUT2D eigenvalue weighted by Gasteiger charge is -2.24. The lowest BCUT2D eigenvalue weighted by atomic mass is 9.90. The Bertz CT molecular complexity index is 460. The molecule has 0 fully saturated rings. The Kier molecular flexibility index (Phi) is 4.11. The molecule has 1 aromatic heterocycles. The highest BCUT2D eigenvalue weighted by Crippen LogP contribution is 2.43. The standard InChI is InChI=1S/C15H24N2O2/c1-5-6-7-15(2)12-8-16-13(9-17(3)4)14(18)11(12)10-19-15/h8,18H,5-7,9-10H2,1-4H3. The molecule has 1 N–H and O–H groups in total. The fraction of sp³-hybridized carbons (Fsp3) is 0.667. The Morgan fingerprint density at radius 3 is 2.84 bits per heavy atom. The summed E-state index contributed by atoms with van der Waals surface area (Å²) in [4.78, 5) is 6.42. The van der Waals surface area contributed by atoms with E-state index in [2.05, 4.69) is 18.8 Å². The van der Waals surface area contributed by atoms with Crippen molar-refractivity contribution in [2.45, 2.75) is 51.9 Å². The Morgan fingerprint density at radius 1 is 1.47 bits per heavy atom. The second kappa shape index (κ2) is 5.47. The molecule has 1 aromatic rings. The highest BCUT2D eigenvalue weighted by molar-refractivity contribution is 5.45. The van der Waals surface area contributed by atoms with Gasteiger partial charge in [0.05, 0.1) is 17.9 Å². The third kappa shape index (κ3) is 2.74. The monoisotopic (exact) mass is 264 g/mol. The van der Waals surface area contributed by atoms with Crippen LogP contribution in [0.25, 0.3) is 0 Å². The van der Waals surface area contributed by atoms with E-state index in [1.54, 1.807) is 0 Å². The van der Waals surface area contributed by atoms with Crippen LogP contribution in [0.3, 0.4) is 0 Å². The van der Waals surface area contributed by atoms with Crippen LogP contribution in [0.5, 0.6) is 5.75 Å². The molecule has 19 heavy (non-hydrogen) atoms. The lowest BCUT2D eigenvalue weighted by Crippen LogP contribution is -2.21. The van der Waals surface area contributed by atoms with Gasteiger partial charge in [-0.3, -0.25) is 4.98 Å². The minimum atomic E-state index is -0.285. The summed E-state index contributed by atoms with van der Waals surface area (Å²) in [5.74, 6) is 0.312. The van der Waals surface area contributed by atoms with Crippen molar-refractivity contribution in [2.75, 3.05) is 14.1 Å². The second-order valence-corrected chi connectivity index (χ2v) is 5.81. The van der Waals surface area contributed by atoms with E-state index in [1.165, 1.54) is 0 Å². The first kappa shape index (κ1) is 14.3. The van der Waals surface area contributed by atoms with E-state index in [9.17, 15) is 5.11 Å². The SMILES string of the molecule is CCCCC1(C)OCc2c1cnc(CN(C)C)c2O. The van der Waals surface area contributed by atoms with Gasteiger partial charge in [0, 0.05) is 23.9 Å². The molecule has 1 aliphatic heterocycles. The van der Waals surface area contributed by atoms with E-state index in [0.717, 1.165) is 36.1 Å². The minimum Gasteiger partial charge on any atom is -0.506 e. The maximum Gasteiger partial charge on any atom is 0.144 e. The number of rotatable bonds is 5. The summed E-state index contributed by atoms with van der Waals surface area (Å²) < 4.78 is 5.94. The van der Waals surface area contributed by atoms with Crippen molar-refractivity contribution in [1.82, 2.24) is 9.88 Å². The first-order valence-electron chi connectivity index (χ1n) is 6.97. The van der Waals surface area contributed by atoms with Gasteiger partial charge in [-0.05, 0) is 27.4 Å². The van der Waals surface area contributed by atoms with Crippen LogP contribution in [0.15, 0.2) is 6.20 Å². The summed E-state index contributed by atoms with van der Waals surface area (Å²) in [6.07, 6.45) is 5.13. The van der Waals surface area contributed by atoms with Crippen molar-refractivity contribution in [3.05, 3.63) is 23.0 Å². The Hall–Kier alpha value is -1.13. The van der Waals surface area contributed by atoms with Crippen molar-refractivity contribution in [2.24, 2.45) is 0 Å². The van der Waals surface area contributed by atoms with Crippen LogP contribution >= 0.6 is 0 Å². The van der Waals surface area contributed by atoms with Gasteiger partial charge < -0.3 is 14.7 Å². The highest BCUT2D eigenvalue weighted by atomic mass is 16.5. The molecule has 4 nitrogen and oxygen atoms in total. The molecular formula is C15H24N2O2. The van der Waals surface area contributed by atoms with Gasteiger partial charge in [0.15, 0.2) is 0 Å². The number of ether oxygens (including phenoxy) is 1. The number of aromatic nitrogens is 1. The molecule has 0 saturated carbocycles. The number of nitrogens with zero attached hydrogens (tertiary/aromatic N) is 2. The van der Waals surface area contributed by atoms with Gasteiger partial charge in [0.1, 0.15) is 5.75 Å². The molecule has 1 aliphatic rings. The summed E-state index contributed by atoms with van der Waals surface area (Å²) >= 11 is 0. The zero-order valence-electron chi connectivity index (χ0n) is 12.4. The van der Waals surface area contributed by atoms with Crippen LogP contribution in [0.2, 0.25) is 0 Å². The van der Waals surface area contributed by atoms with E-state index in [-0.39, 0.29) is 5.60 Å². The van der Waals surface area contributed by atoms with E-state index < -0.39 is 0 Å². The normalized spacial score (nSPS) is 21.9. The molecule has 0 amide bonds. The summed E-state index contributed by atoms with van der Waals surface area (Å²) in [6, 6.07) is 0. The zero-order valence-corrected chi connectivity index (χ0v) is 12.4. The predicted octanol–water partition coefficient (Wildman–Crippen LogP) is 2.78. The van der Waals surface area contributed by atoms with E-state index >= 15 is 0 Å². The molecule has 4 heteroatoms. The number of hydrogen-bond donors (Lipinski definition) is 1. The van der Waals surface area contributed by atoms with Gasteiger partial charge in [-0.25, -0.2) is 0 Å². The van der Waals surface area contributed by atoms with Crippen molar-refractivity contribution in [1.29, 1.82) is 0 Å². The molecule has 2 heterocycles. The van der Waals surface area contributed by atoms with Crippen molar-refractivity contribution in [3.63, 3.8) is 0 Å². The largest absolute Gasteiger partial charge is 0.506 e. The van der Waals surface area contributed by atoms with Crippen LogP contribution in [-0.4, -0.2) is 29.1 Å². The smallest absolute Gasteiger partial charge is 0.144 e. The average Bonchev–Trinajstić information content (AvgIpc) is 2.69. The maximum absolute atomic E-state index is 10.3. The number of pyridine rings is 1. The Morgan fingerprint density at radius 2 is 2.21 bits per heavy atom. The Labute approximate surface area is 115 Å². The summed E-state index contributed by atoms with van der Waals surface area (Å²) in [6.45, 7) is 5.41. The van der Waals surface area contributed by atoms with Gasteiger partial charge >= 0.3 is 0 Å². The van der Waals surface area contributed by atoms with Gasteiger partial charge in [0.2, 0.25) is 0 Å². The molecule has 1 unspecified atom stereocenters.